The molecule has 23 heavy (non-hydrogen) atoms. The molecule has 1 heterocycles. The van der Waals surface area contributed by atoms with Crippen molar-refractivity contribution in [2.75, 3.05) is 39.8 Å². The zero-order valence-electron chi connectivity index (χ0n) is 14.6. The second kappa shape index (κ2) is 9.56. The summed E-state index contributed by atoms with van der Waals surface area (Å²) in [6, 6.07) is 8.31. The van der Waals surface area contributed by atoms with Gasteiger partial charge in [-0.05, 0) is 43.5 Å². The Morgan fingerprint density at radius 2 is 1.96 bits per heavy atom. The van der Waals surface area contributed by atoms with Crippen molar-refractivity contribution < 1.29 is 9.53 Å². The van der Waals surface area contributed by atoms with Crippen molar-refractivity contribution in [2.45, 2.75) is 39.0 Å². The van der Waals surface area contributed by atoms with Gasteiger partial charge in [-0.2, -0.15) is 0 Å². The molecular weight excluding hydrogens is 288 g/mol. The second-order valence-corrected chi connectivity index (χ2v) is 6.28. The average Bonchev–Trinajstić information content (AvgIpc) is 2.60. The van der Waals surface area contributed by atoms with E-state index in [0.29, 0.717) is 12.3 Å². The number of unbranched alkanes of at least 4 members (excludes halogenated alkanes) is 1. The van der Waals surface area contributed by atoms with Crippen molar-refractivity contribution in [3.8, 4) is 5.75 Å². The van der Waals surface area contributed by atoms with Crippen molar-refractivity contribution in [1.29, 1.82) is 0 Å². The number of carbonyl (C=O) groups is 1. The number of hydrogen-bond donors (Lipinski definition) is 0. The predicted molar refractivity (Wildman–Crippen MR) is 93.9 cm³/mol. The molecule has 0 spiro atoms. The van der Waals surface area contributed by atoms with Crippen LogP contribution in [0.1, 0.15) is 38.2 Å². The molecule has 1 saturated heterocycles. The first kappa shape index (κ1) is 17.8. The Kier molecular flexibility index (Phi) is 7.40. The number of rotatable bonds is 8. The van der Waals surface area contributed by atoms with Crippen LogP contribution in [-0.2, 0) is 11.2 Å². The van der Waals surface area contributed by atoms with Gasteiger partial charge >= 0.3 is 0 Å². The van der Waals surface area contributed by atoms with E-state index < -0.39 is 0 Å². The Labute approximate surface area is 140 Å². The number of hydrogen-bond acceptors (Lipinski definition) is 3. The van der Waals surface area contributed by atoms with Crippen LogP contribution in [0, 0.1) is 0 Å². The van der Waals surface area contributed by atoms with E-state index in [4.69, 9.17) is 4.74 Å². The monoisotopic (exact) mass is 318 g/mol. The van der Waals surface area contributed by atoms with Gasteiger partial charge in [0.1, 0.15) is 5.75 Å². The Hall–Kier alpha value is -1.55. The Morgan fingerprint density at radius 1 is 1.17 bits per heavy atom. The predicted octanol–water partition coefficient (Wildman–Crippen LogP) is 2.96. The summed E-state index contributed by atoms with van der Waals surface area (Å²) in [4.78, 5) is 16.5. The Morgan fingerprint density at radius 3 is 2.65 bits per heavy atom. The maximum absolute atomic E-state index is 12.0. The standard InChI is InChI=1S/C19H30N2O2/c1-3-4-10-19(22)21-14-12-20(13-15-21)11-6-8-17-7-5-9-18(16-17)23-2/h5,7,9,16H,3-4,6,8,10-15H2,1-2H3. The van der Waals surface area contributed by atoms with Crippen molar-refractivity contribution in [2.24, 2.45) is 0 Å². The van der Waals surface area contributed by atoms with E-state index in [1.54, 1.807) is 7.11 Å². The lowest BCUT2D eigenvalue weighted by Gasteiger charge is -2.34. The minimum absolute atomic E-state index is 0.336. The van der Waals surface area contributed by atoms with Gasteiger partial charge in [0, 0.05) is 32.6 Å². The molecule has 4 nitrogen and oxygen atoms in total. The molecule has 1 aliphatic rings. The smallest absolute Gasteiger partial charge is 0.222 e. The van der Waals surface area contributed by atoms with E-state index >= 15 is 0 Å². The lowest BCUT2D eigenvalue weighted by atomic mass is 10.1. The maximum Gasteiger partial charge on any atom is 0.222 e. The summed E-state index contributed by atoms with van der Waals surface area (Å²) in [5.41, 5.74) is 1.33. The van der Waals surface area contributed by atoms with Gasteiger partial charge in [0.2, 0.25) is 5.91 Å². The highest BCUT2D eigenvalue weighted by Crippen LogP contribution is 2.14. The minimum Gasteiger partial charge on any atom is -0.497 e. The van der Waals surface area contributed by atoms with Gasteiger partial charge in [0.15, 0.2) is 0 Å². The fraction of sp³-hybridized carbons (Fsp3) is 0.632. The number of methoxy groups -OCH3 is 1. The quantitative estimate of drug-likeness (QED) is 0.739. The Bertz CT molecular complexity index is 482. The van der Waals surface area contributed by atoms with Crippen LogP contribution in [0.15, 0.2) is 24.3 Å². The molecule has 0 unspecified atom stereocenters. The third-order valence-corrected chi connectivity index (χ3v) is 4.54. The average molecular weight is 318 g/mol. The van der Waals surface area contributed by atoms with Crippen LogP contribution < -0.4 is 4.74 Å². The first-order valence-electron chi connectivity index (χ1n) is 8.86. The molecule has 0 aromatic heterocycles. The SMILES string of the molecule is CCCCC(=O)N1CCN(CCCc2cccc(OC)c2)CC1. The summed E-state index contributed by atoms with van der Waals surface area (Å²) >= 11 is 0. The number of piperazine rings is 1. The summed E-state index contributed by atoms with van der Waals surface area (Å²) in [7, 11) is 1.71. The second-order valence-electron chi connectivity index (χ2n) is 6.28. The number of benzene rings is 1. The summed E-state index contributed by atoms with van der Waals surface area (Å²) in [5, 5.41) is 0. The van der Waals surface area contributed by atoms with Crippen LogP contribution in [0.3, 0.4) is 0 Å². The molecule has 4 heteroatoms. The molecule has 0 atom stereocenters. The fourth-order valence-electron chi connectivity index (χ4n) is 3.04. The molecule has 2 rings (SSSR count). The van der Waals surface area contributed by atoms with Crippen LogP contribution in [0.4, 0.5) is 0 Å². The van der Waals surface area contributed by atoms with Crippen molar-refractivity contribution in [3.63, 3.8) is 0 Å². The fourth-order valence-corrected chi connectivity index (χ4v) is 3.04. The molecule has 1 amide bonds. The van der Waals surface area contributed by atoms with E-state index in [1.807, 2.05) is 11.0 Å². The zero-order chi connectivity index (χ0) is 16.5. The van der Waals surface area contributed by atoms with E-state index in [9.17, 15) is 4.79 Å². The van der Waals surface area contributed by atoms with E-state index in [0.717, 1.165) is 64.2 Å². The van der Waals surface area contributed by atoms with Gasteiger partial charge in [0.05, 0.1) is 7.11 Å². The first-order valence-corrected chi connectivity index (χ1v) is 8.86. The van der Waals surface area contributed by atoms with Crippen LogP contribution in [0.2, 0.25) is 0 Å². The van der Waals surface area contributed by atoms with E-state index in [2.05, 4.69) is 30.0 Å². The lowest BCUT2D eigenvalue weighted by Crippen LogP contribution is -2.48. The number of carbonyl (C=O) groups excluding carboxylic acids is 1. The summed E-state index contributed by atoms with van der Waals surface area (Å²) in [5.74, 6) is 1.27. The van der Waals surface area contributed by atoms with E-state index in [1.165, 1.54) is 5.56 Å². The summed E-state index contributed by atoms with van der Waals surface area (Å²) in [6.07, 6.45) is 5.05. The molecule has 0 aliphatic carbocycles. The van der Waals surface area contributed by atoms with Crippen LogP contribution in [-0.4, -0.2) is 55.5 Å². The first-order chi connectivity index (χ1) is 11.2. The third-order valence-electron chi connectivity index (χ3n) is 4.54. The van der Waals surface area contributed by atoms with Gasteiger partial charge in [-0.25, -0.2) is 0 Å². The zero-order valence-corrected chi connectivity index (χ0v) is 14.6. The topological polar surface area (TPSA) is 32.8 Å². The van der Waals surface area contributed by atoms with Gasteiger partial charge in [0.25, 0.3) is 0 Å². The number of amides is 1. The molecule has 128 valence electrons. The van der Waals surface area contributed by atoms with Crippen LogP contribution in [0.5, 0.6) is 5.75 Å². The summed E-state index contributed by atoms with van der Waals surface area (Å²) in [6.45, 7) is 7.04. The lowest BCUT2D eigenvalue weighted by molar-refractivity contribution is -0.133. The number of aryl methyl sites for hydroxylation is 1. The maximum atomic E-state index is 12.0. The molecule has 1 aromatic carbocycles. The van der Waals surface area contributed by atoms with E-state index in [-0.39, 0.29) is 0 Å². The highest BCUT2D eigenvalue weighted by molar-refractivity contribution is 5.76. The number of nitrogens with zero attached hydrogens (tertiary/aromatic N) is 2. The van der Waals surface area contributed by atoms with Crippen molar-refractivity contribution in [3.05, 3.63) is 29.8 Å². The molecule has 0 radical (unpaired) electrons. The van der Waals surface area contributed by atoms with Crippen molar-refractivity contribution >= 4 is 5.91 Å². The normalized spacial score (nSPS) is 15.7. The molecular formula is C19H30N2O2. The molecule has 1 aromatic rings. The van der Waals surface area contributed by atoms with Crippen LogP contribution >= 0.6 is 0 Å². The van der Waals surface area contributed by atoms with Gasteiger partial charge in [-0.15, -0.1) is 0 Å². The van der Waals surface area contributed by atoms with Gasteiger partial charge in [-0.3, -0.25) is 9.69 Å². The molecule has 0 saturated carbocycles. The largest absolute Gasteiger partial charge is 0.497 e. The molecule has 0 bridgehead atoms. The highest BCUT2D eigenvalue weighted by atomic mass is 16.5. The molecule has 1 aliphatic heterocycles. The molecule has 0 N–H and O–H groups in total. The van der Waals surface area contributed by atoms with Crippen LogP contribution in [0.25, 0.3) is 0 Å². The number of ether oxygens (including phenoxy) is 1. The van der Waals surface area contributed by atoms with Gasteiger partial charge in [-0.1, -0.05) is 25.5 Å². The highest BCUT2D eigenvalue weighted by Gasteiger charge is 2.20. The Balaban J connectivity index is 1.65. The van der Waals surface area contributed by atoms with Gasteiger partial charge < -0.3 is 9.64 Å². The minimum atomic E-state index is 0.336. The molecule has 1 fully saturated rings. The summed E-state index contributed by atoms with van der Waals surface area (Å²) < 4.78 is 5.27. The van der Waals surface area contributed by atoms with Crippen molar-refractivity contribution in [1.82, 2.24) is 9.80 Å². The third kappa shape index (κ3) is 5.87.